The first-order valence-corrected chi connectivity index (χ1v) is 5.46. The average Bonchev–Trinajstić information content (AvgIpc) is 2.27. The first-order chi connectivity index (χ1) is 8.41. The topological polar surface area (TPSA) is 51.8 Å². The van der Waals surface area contributed by atoms with Crippen LogP contribution >= 0.6 is 0 Å². The molecule has 0 fully saturated rings. The Morgan fingerprint density at radius 1 is 1.22 bits per heavy atom. The molecule has 0 saturated carbocycles. The van der Waals surface area contributed by atoms with Crippen LogP contribution in [0.25, 0.3) is 10.9 Å². The van der Waals surface area contributed by atoms with E-state index in [0.717, 1.165) is 12.1 Å². The molecule has 1 aromatic carbocycles. The maximum absolute atomic E-state index is 12.6. The van der Waals surface area contributed by atoms with Crippen LogP contribution in [0.1, 0.15) is 17.1 Å². The van der Waals surface area contributed by atoms with Crippen LogP contribution in [0.3, 0.4) is 0 Å². The number of benzene rings is 1. The minimum atomic E-state index is -4.36. The van der Waals surface area contributed by atoms with Crippen molar-refractivity contribution in [3.63, 3.8) is 0 Å². The van der Waals surface area contributed by atoms with Crippen LogP contribution in [-0.4, -0.2) is 16.5 Å². The largest absolute Gasteiger partial charge is 0.416 e. The predicted octanol–water partition coefficient (Wildman–Crippen LogP) is 2.46. The molecular weight excluding hydrogens is 243 g/mol. The minimum Gasteiger partial charge on any atom is -0.330 e. The lowest BCUT2D eigenvalue weighted by molar-refractivity contribution is -0.137. The van der Waals surface area contributed by atoms with Crippen LogP contribution in [0.15, 0.2) is 18.2 Å². The van der Waals surface area contributed by atoms with Crippen molar-refractivity contribution in [3.8, 4) is 0 Å². The first-order valence-electron chi connectivity index (χ1n) is 5.46. The summed E-state index contributed by atoms with van der Waals surface area (Å²) in [6, 6.07) is 3.48. The fourth-order valence-electron chi connectivity index (χ4n) is 1.82. The lowest BCUT2D eigenvalue weighted by Crippen LogP contribution is -2.09. The van der Waals surface area contributed by atoms with Gasteiger partial charge in [0.15, 0.2) is 0 Å². The second-order valence-corrected chi connectivity index (χ2v) is 3.99. The number of nitrogens with zero attached hydrogens (tertiary/aromatic N) is 2. The molecule has 1 heterocycles. The average molecular weight is 255 g/mol. The first kappa shape index (κ1) is 12.8. The number of halogens is 3. The van der Waals surface area contributed by atoms with E-state index in [-0.39, 0.29) is 0 Å². The van der Waals surface area contributed by atoms with E-state index >= 15 is 0 Å². The number of aromatic nitrogens is 2. The maximum Gasteiger partial charge on any atom is 0.416 e. The normalized spacial score (nSPS) is 12.1. The summed E-state index contributed by atoms with van der Waals surface area (Å²) in [5.41, 5.74) is 5.82. The zero-order valence-electron chi connectivity index (χ0n) is 9.75. The van der Waals surface area contributed by atoms with Crippen molar-refractivity contribution in [2.45, 2.75) is 19.5 Å². The number of nitrogens with two attached hydrogens (primary N) is 1. The van der Waals surface area contributed by atoms with Crippen molar-refractivity contribution in [2.75, 3.05) is 6.54 Å². The molecule has 0 spiro atoms. The van der Waals surface area contributed by atoms with Gasteiger partial charge in [-0.05, 0) is 31.7 Å². The molecule has 0 aliphatic carbocycles. The van der Waals surface area contributed by atoms with Gasteiger partial charge in [-0.3, -0.25) is 0 Å². The Morgan fingerprint density at radius 3 is 2.56 bits per heavy atom. The third-order valence-electron chi connectivity index (χ3n) is 2.59. The van der Waals surface area contributed by atoms with Gasteiger partial charge in [-0.25, -0.2) is 9.97 Å². The van der Waals surface area contributed by atoms with Gasteiger partial charge in [0, 0.05) is 11.8 Å². The number of aryl methyl sites for hydroxylation is 1. The molecule has 0 aliphatic rings. The third-order valence-corrected chi connectivity index (χ3v) is 2.59. The summed E-state index contributed by atoms with van der Waals surface area (Å²) in [7, 11) is 0. The van der Waals surface area contributed by atoms with Gasteiger partial charge < -0.3 is 5.73 Å². The van der Waals surface area contributed by atoms with Gasteiger partial charge in [-0.2, -0.15) is 13.2 Å². The molecule has 18 heavy (non-hydrogen) atoms. The summed E-state index contributed by atoms with van der Waals surface area (Å²) >= 11 is 0. The molecule has 0 atom stereocenters. The molecule has 0 amide bonds. The monoisotopic (exact) mass is 255 g/mol. The third kappa shape index (κ3) is 2.43. The van der Waals surface area contributed by atoms with Gasteiger partial charge >= 0.3 is 6.18 Å². The van der Waals surface area contributed by atoms with E-state index in [1.165, 1.54) is 6.07 Å². The quantitative estimate of drug-likeness (QED) is 0.896. The van der Waals surface area contributed by atoms with Crippen molar-refractivity contribution in [1.29, 1.82) is 0 Å². The molecule has 0 saturated heterocycles. The van der Waals surface area contributed by atoms with Gasteiger partial charge in [0.2, 0.25) is 0 Å². The van der Waals surface area contributed by atoms with Crippen molar-refractivity contribution >= 4 is 10.9 Å². The molecule has 2 aromatic rings. The number of rotatable bonds is 2. The van der Waals surface area contributed by atoms with E-state index in [1.807, 2.05) is 0 Å². The van der Waals surface area contributed by atoms with Crippen molar-refractivity contribution in [2.24, 2.45) is 5.73 Å². The molecule has 0 aliphatic heterocycles. The van der Waals surface area contributed by atoms with Crippen LogP contribution in [-0.2, 0) is 12.6 Å². The number of hydrogen-bond acceptors (Lipinski definition) is 3. The fourth-order valence-corrected chi connectivity index (χ4v) is 1.82. The number of hydrogen-bond donors (Lipinski definition) is 1. The predicted molar refractivity (Wildman–Crippen MR) is 62.0 cm³/mol. The Bertz CT molecular complexity index is 579. The molecule has 2 N–H and O–H groups in total. The molecule has 0 unspecified atom stereocenters. The van der Waals surface area contributed by atoms with Crippen molar-refractivity contribution in [3.05, 3.63) is 35.3 Å². The van der Waals surface area contributed by atoms with Crippen LogP contribution in [0.5, 0.6) is 0 Å². The summed E-state index contributed by atoms with van der Waals surface area (Å²) in [4.78, 5) is 8.28. The standard InChI is InChI=1S/C12H12F3N3/c1-7-17-10-3-2-8(12(13,14)15)6-9(10)11(18-7)4-5-16/h2-3,6H,4-5,16H2,1H3. The summed E-state index contributed by atoms with van der Waals surface area (Å²) in [5, 5.41) is 0.417. The molecule has 2 rings (SSSR count). The Labute approximate surface area is 102 Å². The van der Waals surface area contributed by atoms with Gasteiger partial charge in [0.25, 0.3) is 0 Å². The Morgan fingerprint density at radius 2 is 1.94 bits per heavy atom. The SMILES string of the molecule is Cc1nc(CCN)c2cc(C(F)(F)F)ccc2n1. The van der Waals surface area contributed by atoms with E-state index in [2.05, 4.69) is 9.97 Å². The van der Waals surface area contributed by atoms with E-state index in [4.69, 9.17) is 5.73 Å². The highest BCUT2D eigenvalue weighted by Gasteiger charge is 2.30. The van der Waals surface area contributed by atoms with Crippen LogP contribution in [0.2, 0.25) is 0 Å². The molecular formula is C12H12F3N3. The van der Waals surface area contributed by atoms with Crippen molar-refractivity contribution < 1.29 is 13.2 Å². The van der Waals surface area contributed by atoms with Crippen LogP contribution in [0.4, 0.5) is 13.2 Å². The summed E-state index contributed by atoms with van der Waals surface area (Å²) in [6.07, 6.45) is -3.93. The summed E-state index contributed by atoms with van der Waals surface area (Å²) < 4.78 is 37.9. The molecule has 0 bridgehead atoms. The van der Waals surface area contributed by atoms with E-state index in [9.17, 15) is 13.2 Å². The Hall–Kier alpha value is -1.69. The molecule has 0 radical (unpaired) electrons. The summed E-state index contributed by atoms with van der Waals surface area (Å²) in [5.74, 6) is 0.533. The summed E-state index contributed by atoms with van der Waals surface area (Å²) in [6.45, 7) is 2.04. The zero-order chi connectivity index (χ0) is 13.3. The highest BCUT2D eigenvalue weighted by atomic mass is 19.4. The van der Waals surface area contributed by atoms with Crippen LogP contribution < -0.4 is 5.73 Å². The lowest BCUT2D eigenvalue weighted by Gasteiger charge is -2.10. The van der Waals surface area contributed by atoms with Gasteiger partial charge in [0.1, 0.15) is 5.82 Å². The van der Waals surface area contributed by atoms with Gasteiger partial charge in [0.05, 0.1) is 16.8 Å². The van der Waals surface area contributed by atoms with E-state index in [0.29, 0.717) is 35.4 Å². The highest BCUT2D eigenvalue weighted by Crippen LogP contribution is 2.31. The lowest BCUT2D eigenvalue weighted by atomic mass is 10.1. The maximum atomic E-state index is 12.6. The Kier molecular flexibility index (Phi) is 3.21. The molecule has 6 heteroatoms. The molecule has 3 nitrogen and oxygen atoms in total. The highest BCUT2D eigenvalue weighted by molar-refractivity contribution is 5.81. The fraction of sp³-hybridized carbons (Fsp3) is 0.333. The van der Waals surface area contributed by atoms with Gasteiger partial charge in [-0.15, -0.1) is 0 Å². The zero-order valence-corrected chi connectivity index (χ0v) is 9.75. The second-order valence-electron chi connectivity index (χ2n) is 3.99. The smallest absolute Gasteiger partial charge is 0.330 e. The van der Waals surface area contributed by atoms with E-state index < -0.39 is 11.7 Å². The minimum absolute atomic E-state index is 0.335. The van der Waals surface area contributed by atoms with E-state index in [1.54, 1.807) is 6.92 Å². The van der Waals surface area contributed by atoms with Crippen LogP contribution in [0, 0.1) is 6.92 Å². The number of alkyl halides is 3. The number of fused-ring (bicyclic) bond motifs is 1. The Balaban J connectivity index is 2.66. The second kappa shape index (κ2) is 4.53. The van der Waals surface area contributed by atoms with Gasteiger partial charge in [-0.1, -0.05) is 0 Å². The molecule has 1 aromatic heterocycles. The van der Waals surface area contributed by atoms with Crippen molar-refractivity contribution in [1.82, 2.24) is 9.97 Å². The molecule has 96 valence electrons.